The van der Waals surface area contributed by atoms with Crippen molar-refractivity contribution in [2.24, 2.45) is 0 Å². The van der Waals surface area contributed by atoms with Gasteiger partial charge in [0.05, 0.1) is 11.0 Å². The zero-order valence-corrected chi connectivity index (χ0v) is 9.19. The molecule has 0 heterocycles. The van der Waals surface area contributed by atoms with E-state index in [0.29, 0.717) is 10.9 Å². The molecule has 14 heavy (non-hydrogen) atoms. The molecule has 0 bridgehead atoms. The monoisotopic (exact) mass is 259 g/mol. The summed E-state index contributed by atoms with van der Waals surface area (Å²) in [6, 6.07) is 4.52. The summed E-state index contributed by atoms with van der Waals surface area (Å²) in [6.07, 6.45) is 0.0335. The molecule has 0 amide bonds. The van der Waals surface area contributed by atoms with E-state index in [-0.39, 0.29) is 5.69 Å². The molecule has 1 rings (SSSR count). The van der Waals surface area contributed by atoms with Gasteiger partial charge in [0, 0.05) is 16.6 Å². The maximum Gasteiger partial charge on any atom is 0.270 e. The Morgan fingerprint density at radius 1 is 1.64 bits per heavy atom. The molecule has 1 atom stereocenters. The summed E-state index contributed by atoms with van der Waals surface area (Å²) in [6.45, 7) is 1.67. The van der Waals surface area contributed by atoms with Gasteiger partial charge in [0.1, 0.15) is 0 Å². The molecule has 0 saturated carbocycles. The number of halogens is 1. The second-order valence-corrected chi connectivity index (χ2v) is 3.94. The molecular weight excluding hydrogens is 250 g/mol. The molecule has 0 aliphatic heterocycles. The molecule has 4 nitrogen and oxygen atoms in total. The summed E-state index contributed by atoms with van der Waals surface area (Å²) in [7, 11) is 0. The van der Waals surface area contributed by atoms with Crippen LogP contribution in [0.15, 0.2) is 22.7 Å². The van der Waals surface area contributed by atoms with Crippen LogP contribution in [0.4, 0.5) is 5.69 Å². The molecular formula is C9H10BrNO3. The fourth-order valence-corrected chi connectivity index (χ4v) is 1.66. The van der Waals surface area contributed by atoms with Crippen LogP contribution in [0.3, 0.4) is 0 Å². The third-order valence-corrected chi connectivity index (χ3v) is 2.50. The van der Waals surface area contributed by atoms with Crippen molar-refractivity contribution in [3.63, 3.8) is 0 Å². The van der Waals surface area contributed by atoms with Crippen LogP contribution in [0.5, 0.6) is 0 Å². The largest absolute Gasteiger partial charge is 0.393 e. The minimum atomic E-state index is -0.451. The lowest BCUT2D eigenvalue weighted by Crippen LogP contribution is -2.04. The maximum absolute atomic E-state index is 10.4. The first-order chi connectivity index (χ1) is 6.50. The SMILES string of the molecule is CC(O)Cc1ccc([N+](=O)[O-])cc1Br. The molecule has 1 aromatic rings. The van der Waals surface area contributed by atoms with Gasteiger partial charge in [-0.1, -0.05) is 22.0 Å². The first kappa shape index (κ1) is 11.1. The van der Waals surface area contributed by atoms with Gasteiger partial charge in [-0.3, -0.25) is 10.1 Å². The quantitative estimate of drug-likeness (QED) is 0.669. The van der Waals surface area contributed by atoms with E-state index in [9.17, 15) is 10.1 Å². The summed E-state index contributed by atoms with van der Waals surface area (Å²) < 4.78 is 0.660. The first-order valence-corrected chi connectivity index (χ1v) is 4.91. The van der Waals surface area contributed by atoms with Gasteiger partial charge in [0.25, 0.3) is 5.69 Å². The number of aliphatic hydroxyl groups excluding tert-OH is 1. The number of rotatable bonds is 3. The number of nitro benzene ring substituents is 1. The molecule has 0 aliphatic carbocycles. The van der Waals surface area contributed by atoms with Gasteiger partial charge in [-0.15, -0.1) is 0 Å². The molecule has 5 heteroatoms. The first-order valence-electron chi connectivity index (χ1n) is 4.11. The van der Waals surface area contributed by atoms with Crippen molar-refractivity contribution >= 4 is 21.6 Å². The van der Waals surface area contributed by atoms with Gasteiger partial charge in [-0.05, 0) is 18.9 Å². The van der Waals surface area contributed by atoms with E-state index in [1.807, 2.05) is 0 Å². The maximum atomic E-state index is 10.4. The molecule has 0 aliphatic rings. The Morgan fingerprint density at radius 2 is 2.29 bits per heavy atom. The van der Waals surface area contributed by atoms with Crippen molar-refractivity contribution < 1.29 is 10.0 Å². The van der Waals surface area contributed by atoms with Crippen molar-refractivity contribution in [1.82, 2.24) is 0 Å². The summed E-state index contributed by atoms with van der Waals surface area (Å²) in [5, 5.41) is 19.6. The predicted molar refractivity (Wildman–Crippen MR) is 56.2 cm³/mol. The van der Waals surface area contributed by atoms with Gasteiger partial charge in [-0.2, -0.15) is 0 Å². The Bertz CT molecular complexity index is 352. The Hall–Kier alpha value is -0.940. The molecule has 0 aromatic heterocycles. The van der Waals surface area contributed by atoms with Crippen LogP contribution in [0.25, 0.3) is 0 Å². The third-order valence-electron chi connectivity index (χ3n) is 1.76. The van der Waals surface area contributed by atoms with Crippen molar-refractivity contribution in [2.45, 2.75) is 19.4 Å². The molecule has 1 N–H and O–H groups in total. The lowest BCUT2D eigenvalue weighted by atomic mass is 10.1. The van der Waals surface area contributed by atoms with Crippen LogP contribution in [-0.4, -0.2) is 16.1 Å². The van der Waals surface area contributed by atoms with E-state index in [1.165, 1.54) is 12.1 Å². The van der Waals surface area contributed by atoms with Crippen LogP contribution in [0.1, 0.15) is 12.5 Å². The highest BCUT2D eigenvalue weighted by atomic mass is 79.9. The fourth-order valence-electron chi connectivity index (χ4n) is 1.13. The van der Waals surface area contributed by atoms with Crippen molar-refractivity contribution in [1.29, 1.82) is 0 Å². The predicted octanol–water partition coefficient (Wildman–Crippen LogP) is 2.28. The third kappa shape index (κ3) is 2.78. The van der Waals surface area contributed by atoms with Crippen molar-refractivity contribution in [2.75, 3.05) is 0 Å². The average molecular weight is 260 g/mol. The number of hydrogen-bond donors (Lipinski definition) is 1. The second-order valence-electron chi connectivity index (χ2n) is 3.09. The Morgan fingerprint density at radius 3 is 2.71 bits per heavy atom. The van der Waals surface area contributed by atoms with E-state index < -0.39 is 11.0 Å². The lowest BCUT2D eigenvalue weighted by Gasteiger charge is -2.06. The van der Waals surface area contributed by atoms with Crippen molar-refractivity contribution in [3.05, 3.63) is 38.3 Å². The summed E-state index contributed by atoms with van der Waals surface area (Å²) in [5.41, 5.74) is 0.914. The standard InChI is InChI=1S/C9H10BrNO3/c1-6(12)4-7-2-3-8(11(13)14)5-9(7)10/h2-3,5-6,12H,4H2,1H3. The Labute approximate surface area is 89.8 Å². The minimum absolute atomic E-state index is 0.0474. The summed E-state index contributed by atoms with van der Waals surface area (Å²) in [5.74, 6) is 0. The number of nitrogens with zero attached hydrogens (tertiary/aromatic N) is 1. The second kappa shape index (κ2) is 4.52. The van der Waals surface area contributed by atoms with Crippen LogP contribution in [-0.2, 0) is 6.42 Å². The number of benzene rings is 1. The molecule has 1 aromatic carbocycles. The highest BCUT2D eigenvalue weighted by Gasteiger charge is 2.10. The van der Waals surface area contributed by atoms with Crippen LogP contribution in [0.2, 0.25) is 0 Å². The van der Waals surface area contributed by atoms with E-state index in [4.69, 9.17) is 5.11 Å². The van der Waals surface area contributed by atoms with E-state index in [2.05, 4.69) is 15.9 Å². The highest BCUT2D eigenvalue weighted by molar-refractivity contribution is 9.10. The van der Waals surface area contributed by atoms with Crippen LogP contribution >= 0.6 is 15.9 Å². The Kier molecular flexibility index (Phi) is 3.60. The smallest absolute Gasteiger partial charge is 0.270 e. The van der Waals surface area contributed by atoms with Gasteiger partial charge in [-0.25, -0.2) is 0 Å². The Balaban J connectivity index is 2.95. The van der Waals surface area contributed by atoms with Gasteiger partial charge < -0.3 is 5.11 Å². The van der Waals surface area contributed by atoms with Gasteiger partial charge >= 0.3 is 0 Å². The van der Waals surface area contributed by atoms with Crippen LogP contribution in [0, 0.1) is 10.1 Å². The highest BCUT2D eigenvalue weighted by Crippen LogP contribution is 2.23. The number of non-ortho nitro benzene ring substituents is 1. The fraction of sp³-hybridized carbons (Fsp3) is 0.333. The average Bonchev–Trinajstić information content (AvgIpc) is 2.07. The van der Waals surface area contributed by atoms with E-state index in [0.717, 1.165) is 5.56 Å². The lowest BCUT2D eigenvalue weighted by molar-refractivity contribution is -0.384. The number of hydrogen-bond acceptors (Lipinski definition) is 3. The zero-order chi connectivity index (χ0) is 10.7. The zero-order valence-electron chi connectivity index (χ0n) is 7.61. The normalized spacial score (nSPS) is 12.5. The summed E-state index contributed by atoms with van der Waals surface area (Å²) in [4.78, 5) is 9.97. The topological polar surface area (TPSA) is 63.4 Å². The molecule has 1 unspecified atom stereocenters. The van der Waals surface area contributed by atoms with Crippen molar-refractivity contribution in [3.8, 4) is 0 Å². The molecule has 0 spiro atoms. The molecule has 0 saturated heterocycles. The molecule has 0 radical (unpaired) electrons. The van der Waals surface area contributed by atoms with Crippen LogP contribution < -0.4 is 0 Å². The summed E-state index contributed by atoms with van der Waals surface area (Å²) >= 11 is 3.23. The van der Waals surface area contributed by atoms with E-state index in [1.54, 1.807) is 13.0 Å². The number of nitro groups is 1. The minimum Gasteiger partial charge on any atom is -0.393 e. The van der Waals surface area contributed by atoms with Gasteiger partial charge in [0.15, 0.2) is 0 Å². The molecule has 76 valence electrons. The molecule has 0 fully saturated rings. The van der Waals surface area contributed by atoms with Gasteiger partial charge in [0.2, 0.25) is 0 Å². The van der Waals surface area contributed by atoms with E-state index >= 15 is 0 Å². The number of aliphatic hydroxyl groups is 1.